The van der Waals surface area contributed by atoms with Gasteiger partial charge in [-0.2, -0.15) is 5.10 Å². The van der Waals surface area contributed by atoms with Crippen molar-refractivity contribution in [1.29, 1.82) is 0 Å². The van der Waals surface area contributed by atoms with Crippen molar-refractivity contribution in [1.82, 2.24) is 4.90 Å². The summed E-state index contributed by atoms with van der Waals surface area (Å²) in [6, 6.07) is 6.05. The number of benzene rings is 1. The molecule has 6 heteroatoms. The van der Waals surface area contributed by atoms with Gasteiger partial charge in [0.05, 0.1) is 12.8 Å². The molecule has 0 bridgehead atoms. The summed E-state index contributed by atoms with van der Waals surface area (Å²) in [6.45, 7) is 5.08. The van der Waals surface area contributed by atoms with Gasteiger partial charge in [0.15, 0.2) is 0 Å². The minimum absolute atomic E-state index is 0.0404. The van der Waals surface area contributed by atoms with Gasteiger partial charge in [-0.25, -0.2) is 0 Å². The van der Waals surface area contributed by atoms with Crippen LogP contribution in [0.5, 0.6) is 5.75 Å². The van der Waals surface area contributed by atoms with Gasteiger partial charge in [0, 0.05) is 12.1 Å². The van der Waals surface area contributed by atoms with Gasteiger partial charge in [0.1, 0.15) is 5.75 Å². The summed E-state index contributed by atoms with van der Waals surface area (Å²) in [5.74, 6) is 0.866. The van der Waals surface area contributed by atoms with Crippen LogP contribution in [-0.2, 0) is 6.54 Å². The van der Waals surface area contributed by atoms with Crippen molar-refractivity contribution in [3.05, 3.63) is 29.3 Å². The molecule has 1 fully saturated rings. The van der Waals surface area contributed by atoms with Crippen LogP contribution in [0, 0.1) is 0 Å². The molecule has 0 spiro atoms. The zero-order valence-corrected chi connectivity index (χ0v) is 13.4. The van der Waals surface area contributed by atoms with Crippen LogP contribution in [0.1, 0.15) is 37.3 Å². The molecule has 1 aliphatic rings. The molecule has 0 amide bonds. The van der Waals surface area contributed by atoms with Crippen molar-refractivity contribution < 1.29 is 4.74 Å². The second kappa shape index (κ2) is 7.79. The number of nitrogens with zero attached hydrogens (tertiary/aromatic N) is 3. The largest absolute Gasteiger partial charge is 0.496 e. The molecule has 0 saturated carbocycles. The van der Waals surface area contributed by atoms with E-state index >= 15 is 0 Å². The van der Waals surface area contributed by atoms with Crippen molar-refractivity contribution in [3.63, 3.8) is 0 Å². The number of methoxy groups -OCH3 is 1. The van der Waals surface area contributed by atoms with Crippen molar-refractivity contribution >= 4 is 11.7 Å². The van der Waals surface area contributed by atoms with Crippen molar-refractivity contribution in [2.45, 2.75) is 32.7 Å². The molecule has 1 aromatic rings. The molecule has 0 unspecified atom stereocenters. The number of hydrogen-bond acceptors (Lipinski definition) is 4. The van der Waals surface area contributed by atoms with Crippen molar-refractivity contribution in [3.8, 4) is 5.75 Å². The van der Waals surface area contributed by atoms with Crippen LogP contribution in [0.2, 0.25) is 0 Å². The minimum atomic E-state index is -0.0404. The van der Waals surface area contributed by atoms with E-state index in [1.807, 2.05) is 19.1 Å². The first-order valence-corrected chi connectivity index (χ1v) is 7.63. The summed E-state index contributed by atoms with van der Waals surface area (Å²) in [7, 11) is 1.70. The predicted octanol–water partition coefficient (Wildman–Crippen LogP) is 1.68. The Bertz CT molecular complexity index is 558. The van der Waals surface area contributed by atoms with Crippen LogP contribution in [0.3, 0.4) is 0 Å². The van der Waals surface area contributed by atoms with Gasteiger partial charge in [0.25, 0.3) is 0 Å². The lowest BCUT2D eigenvalue weighted by Gasteiger charge is -2.27. The number of nitrogens with two attached hydrogens (primary N) is 2. The Morgan fingerprint density at radius 3 is 2.55 bits per heavy atom. The molecular weight excluding hydrogens is 278 g/mol. The van der Waals surface area contributed by atoms with Crippen molar-refractivity contribution in [2.75, 3.05) is 20.2 Å². The lowest BCUT2D eigenvalue weighted by molar-refractivity contribution is 0.218. The number of likely N-dealkylation sites (tertiary alicyclic amines) is 1. The molecule has 0 atom stereocenters. The number of rotatable bonds is 5. The molecule has 1 aliphatic heterocycles. The normalized spacial score (nSPS) is 16.4. The van der Waals surface area contributed by atoms with E-state index in [9.17, 15) is 0 Å². The van der Waals surface area contributed by atoms with Gasteiger partial charge in [-0.3, -0.25) is 4.90 Å². The van der Waals surface area contributed by atoms with Gasteiger partial charge in [-0.15, -0.1) is 5.10 Å². The fourth-order valence-corrected chi connectivity index (χ4v) is 2.68. The molecule has 120 valence electrons. The third-order valence-corrected chi connectivity index (χ3v) is 3.86. The Hall–Kier alpha value is -2.08. The van der Waals surface area contributed by atoms with Gasteiger partial charge >= 0.3 is 0 Å². The van der Waals surface area contributed by atoms with E-state index in [1.165, 1.54) is 24.8 Å². The number of ether oxygens (including phenoxy) is 1. The Morgan fingerprint density at radius 2 is 1.91 bits per heavy atom. The minimum Gasteiger partial charge on any atom is -0.496 e. The highest BCUT2D eigenvalue weighted by Crippen LogP contribution is 2.23. The van der Waals surface area contributed by atoms with E-state index in [1.54, 1.807) is 7.11 Å². The summed E-state index contributed by atoms with van der Waals surface area (Å²) in [6.07, 6.45) is 3.87. The van der Waals surface area contributed by atoms with E-state index in [4.69, 9.17) is 16.2 Å². The molecule has 0 aromatic heterocycles. The molecule has 0 aliphatic carbocycles. The van der Waals surface area contributed by atoms with Crippen LogP contribution in [0.4, 0.5) is 0 Å². The summed E-state index contributed by atoms with van der Waals surface area (Å²) >= 11 is 0. The first kappa shape index (κ1) is 16.3. The molecule has 2 rings (SSSR count). The maximum absolute atomic E-state index is 5.49. The van der Waals surface area contributed by atoms with Gasteiger partial charge in [-0.05, 0) is 56.6 Å². The second-order valence-corrected chi connectivity index (χ2v) is 5.57. The van der Waals surface area contributed by atoms with Crippen LogP contribution in [-0.4, -0.2) is 36.8 Å². The first-order chi connectivity index (χ1) is 10.6. The lowest BCUT2D eigenvalue weighted by Crippen LogP contribution is -2.29. The van der Waals surface area contributed by atoms with Crippen LogP contribution in [0.25, 0.3) is 0 Å². The van der Waals surface area contributed by atoms with Crippen LogP contribution >= 0.6 is 0 Å². The molecule has 6 nitrogen and oxygen atoms in total. The fraction of sp³-hybridized carbons (Fsp3) is 0.500. The predicted molar refractivity (Wildman–Crippen MR) is 90.1 cm³/mol. The Kier molecular flexibility index (Phi) is 5.77. The highest BCUT2D eigenvalue weighted by atomic mass is 16.5. The SMILES string of the molecule is COc1ccc(/C(C)=N\N=C(N)N)cc1CN1CCCCC1. The van der Waals surface area contributed by atoms with Gasteiger partial charge in [0.2, 0.25) is 5.96 Å². The summed E-state index contributed by atoms with van der Waals surface area (Å²) in [5.41, 5.74) is 13.6. The topological polar surface area (TPSA) is 89.2 Å². The highest BCUT2D eigenvalue weighted by Gasteiger charge is 2.14. The zero-order chi connectivity index (χ0) is 15.9. The van der Waals surface area contributed by atoms with Crippen LogP contribution in [0.15, 0.2) is 28.4 Å². The van der Waals surface area contributed by atoms with E-state index in [0.717, 1.165) is 36.7 Å². The van der Waals surface area contributed by atoms with E-state index in [2.05, 4.69) is 21.2 Å². The number of hydrogen-bond donors (Lipinski definition) is 2. The summed E-state index contributed by atoms with van der Waals surface area (Å²) in [4.78, 5) is 2.47. The molecule has 22 heavy (non-hydrogen) atoms. The highest BCUT2D eigenvalue weighted by molar-refractivity contribution is 5.99. The maximum Gasteiger partial charge on any atom is 0.211 e. The average molecular weight is 303 g/mol. The molecule has 4 N–H and O–H groups in total. The Morgan fingerprint density at radius 1 is 1.18 bits per heavy atom. The molecular formula is C16H25N5O. The second-order valence-electron chi connectivity index (χ2n) is 5.57. The van der Waals surface area contributed by atoms with Crippen LogP contribution < -0.4 is 16.2 Å². The standard InChI is InChI=1S/C16H25N5O/c1-12(19-20-16(17)18)13-6-7-15(22-2)14(10-13)11-21-8-4-3-5-9-21/h6-7,10H,3-5,8-9,11H2,1-2H3,(H4,17,18,20)/b19-12-. The number of guanidine groups is 1. The molecule has 1 aromatic carbocycles. The van der Waals surface area contributed by atoms with E-state index in [-0.39, 0.29) is 5.96 Å². The smallest absolute Gasteiger partial charge is 0.211 e. The van der Waals surface area contributed by atoms with Gasteiger partial charge < -0.3 is 16.2 Å². The van der Waals surface area contributed by atoms with E-state index in [0.29, 0.717) is 0 Å². The summed E-state index contributed by atoms with van der Waals surface area (Å²) < 4.78 is 5.49. The summed E-state index contributed by atoms with van der Waals surface area (Å²) in [5, 5.41) is 7.74. The monoisotopic (exact) mass is 303 g/mol. The lowest BCUT2D eigenvalue weighted by atomic mass is 10.0. The first-order valence-electron chi connectivity index (χ1n) is 7.63. The fourth-order valence-electron chi connectivity index (χ4n) is 2.68. The average Bonchev–Trinajstić information content (AvgIpc) is 2.53. The van der Waals surface area contributed by atoms with Crippen molar-refractivity contribution in [2.24, 2.45) is 21.7 Å². The maximum atomic E-state index is 5.49. The molecule has 1 saturated heterocycles. The third kappa shape index (κ3) is 4.46. The molecule has 1 heterocycles. The third-order valence-electron chi connectivity index (χ3n) is 3.86. The Balaban J connectivity index is 2.21. The Labute approximate surface area is 131 Å². The van der Waals surface area contributed by atoms with Gasteiger partial charge in [-0.1, -0.05) is 6.42 Å². The number of piperidine rings is 1. The van der Waals surface area contributed by atoms with E-state index < -0.39 is 0 Å². The molecule has 0 radical (unpaired) electrons. The quantitative estimate of drug-likeness (QED) is 0.492. The zero-order valence-electron chi connectivity index (χ0n) is 13.4.